The standard InChI is InChI=1S/C22H20N2O/c1-2-17(15-8-4-3-5-9-15)22(25)23-16-12-13-21-19(14-16)18-10-6-7-11-20(18)24-21/h3-14,17,24H,2H2,1H3,(H,23,25)/t17-/m0/s1. The van der Waals surface area contributed by atoms with Crippen LogP contribution in [0.1, 0.15) is 24.8 Å². The molecule has 0 aliphatic heterocycles. The maximum atomic E-state index is 12.8. The molecule has 3 heteroatoms. The van der Waals surface area contributed by atoms with Crippen molar-refractivity contribution in [3.05, 3.63) is 78.4 Å². The highest BCUT2D eigenvalue weighted by Crippen LogP contribution is 2.28. The second-order valence-electron chi connectivity index (χ2n) is 6.29. The molecule has 124 valence electrons. The number of aromatic nitrogens is 1. The number of benzene rings is 3. The second-order valence-corrected chi connectivity index (χ2v) is 6.29. The van der Waals surface area contributed by atoms with Gasteiger partial charge < -0.3 is 10.3 Å². The fraction of sp³-hybridized carbons (Fsp3) is 0.136. The molecule has 0 saturated heterocycles. The molecule has 0 unspecified atom stereocenters. The first-order valence-corrected chi connectivity index (χ1v) is 8.62. The molecule has 3 aromatic carbocycles. The number of H-pyrrole nitrogens is 1. The number of rotatable bonds is 4. The fourth-order valence-corrected chi connectivity index (χ4v) is 3.41. The van der Waals surface area contributed by atoms with Crippen molar-refractivity contribution in [3.8, 4) is 0 Å². The SMILES string of the molecule is CC[C@H](C(=O)Nc1ccc2[nH]c3ccccc3c2c1)c1ccccc1. The lowest BCUT2D eigenvalue weighted by molar-refractivity contribution is -0.117. The summed E-state index contributed by atoms with van der Waals surface area (Å²) in [6.07, 6.45) is 0.769. The monoisotopic (exact) mass is 328 g/mol. The van der Waals surface area contributed by atoms with E-state index >= 15 is 0 Å². The Hall–Kier alpha value is -3.07. The number of carbonyl (C=O) groups excluding carboxylic acids is 1. The van der Waals surface area contributed by atoms with Crippen molar-refractivity contribution in [2.75, 3.05) is 5.32 Å². The summed E-state index contributed by atoms with van der Waals surface area (Å²) >= 11 is 0. The van der Waals surface area contributed by atoms with Gasteiger partial charge in [0.1, 0.15) is 0 Å². The molecule has 0 aliphatic rings. The molecule has 4 aromatic rings. The summed E-state index contributed by atoms with van der Waals surface area (Å²) in [6.45, 7) is 2.04. The molecule has 25 heavy (non-hydrogen) atoms. The molecule has 1 heterocycles. The minimum Gasteiger partial charge on any atom is -0.355 e. The van der Waals surface area contributed by atoms with E-state index in [4.69, 9.17) is 0 Å². The van der Waals surface area contributed by atoms with Crippen LogP contribution in [0, 0.1) is 0 Å². The Bertz CT molecular complexity index is 1030. The Morgan fingerprint density at radius 1 is 0.920 bits per heavy atom. The van der Waals surface area contributed by atoms with Gasteiger partial charge in [0.2, 0.25) is 5.91 Å². The highest BCUT2D eigenvalue weighted by molar-refractivity contribution is 6.09. The van der Waals surface area contributed by atoms with Crippen LogP contribution in [-0.2, 0) is 4.79 Å². The summed E-state index contributed by atoms with van der Waals surface area (Å²) in [5, 5.41) is 5.38. The predicted octanol–water partition coefficient (Wildman–Crippen LogP) is 5.45. The topological polar surface area (TPSA) is 44.9 Å². The second kappa shape index (κ2) is 6.44. The summed E-state index contributed by atoms with van der Waals surface area (Å²) in [5.74, 6) is -0.104. The van der Waals surface area contributed by atoms with Crippen LogP contribution in [0.15, 0.2) is 72.8 Å². The molecule has 1 amide bonds. The molecule has 0 radical (unpaired) electrons. The number of fused-ring (bicyclic) bond motifs is 3. The minimum atomic E-state index is -0.139. The van der Waals surface area contributed by atoms with Gasteiger partial charge in [0.05, 0.1) is 5.92 Å². The number of aromatic amines is 1. The Kier molecular flexibility index (Phi) is 3.98. The molecule has 0 bridgehead atoms. The van der Waals surface area contributed by atoms with Gasteiger partial charge in [-0.1, -0.05) is 55.5 Å². The largest absolute Gasteiger partial charge is 0.355 e. The molecule has 0 fully saturated rings. The summed E-state index contributed by atoms with van der Waals surface area (Å²) in [6, 6.07) is 24.2. The highest BCUT2D eigenvalue weighted by Gasteiger charge is 2.18. The third kappa shape index (κ3) is 2.89. The quantitative estimate of drug-likeness (QED) is 0.514. The number of hydrogen-bond acceptors (Lipinski definition) is 1. The van der Waals surface area contributed by atoms with Gasteiger partial charge in [-0.25, -0.2) is 0 Å². The number of amides is 1. The molecule has 1 aromatic heterocycles. The predicted molar refractivity (Wildman–Crippen MR) is 104 cm³/mol. The van der Waals surface area contributed by atoms with Crippen molar-refractivity contribution in [1.82, 2.24) is 4.98 Å². The van der Waals surface area contributed by atoms with E-state index in [1.807, 2.05) is 67.6 Å². The summed E-state index contributed by atoms with van der Waals surface area (Å²) in [7, 11) is 0. The first kappa shape index (κ1) is 15.5. The number of nitrogens with one attached hydrogen (secondary N) is 2. The molecule has 3 nitrogen and oxygen atoms in total. The average molecular weight is 328 g/mol. The number of anilines is 1. The molecule has 1 atom stereocenters. The van der Waals surface area contributed by atoms with Crippen molar-refractivity contribution in [2.24, 2.45) is 0 Å². The van der Waals surface area contributed by atoms with Crippen LogP contribution >= 0.6 is 0 Å². The van der Waals surface area contributed by atoms with Crippen molar-refractivity contribution < 1.29 is 4.79 Å². The van der Waals surface area contributed by atoms with E-state index in [-0.39, 0.29) is 11.8 Å². The molecule has 2 N–H and O–H groups in total. The van der Waals surface area contributed by atoms with E-state index in [0.29, 0.717) is 0 Å². The van der Waals surface area contributed by atoms with E-state index in [2.05, 4.69) is 22.4 Å². The maximum Gasteiger partial charge on any atom is 0.231 e. The van der Waals surface area contributed by atoms with Gasteiger partial charge in [-0.3, -0.25) is 4.79 Å². The van der Waals surface area contributed by atoms with Gasteiger partial charge >= 0.3 is 0 Å². The zero-order chi connectivity index (χ0) is 17.2. The molecule has 0 saturated carbocycles. The summed E-state index contributed by atoms with van der Waals surface area (Å²) < 4.78 is 0. The van der Waals surface area contributed by atoms with Crippen molar-refractivity contribution in [2.45, 2.75) is 19.3 Å². The number of hydrogen-bond donors (Lipinski definition) is 2. The van der Waals surface area contributed by atoms with Crippen LogP contribution in [0.5, 0.6) is 0 Å². The van der Waals surface area contributed by atoms with Crippen LogP contribution < -0.4 is 5.32 Å². The number of para-hydroxylation sites is 1. The van der Waals surface area contributed by atoms with Gasteiger partial charge in [-0.2, -0.15) is 0 Å². The van der Waals surface area contributed by atoms with Crippen molar-refractivity contribution in [3.63, 3.8) is 0 Å². The average Bonchev–Trinajstić information content (AvgIpc) is 3.01. The van der Waals surface area contributed by atoms with Gasteiger partial charge in [-0.05, 0) is 36.2 Å². The molecule has 0 spiro atoms. The number of carbonyl (C=O) groups is 1. The smallest absolute Gasteiger partial charge is 0.231 e. The summed E-state index contributed by atoms with van der Waals surface area (Å²) in [4.78, 5) is 16.2. The van der Waals surface area contributed by atoms with Crippen LogP contribution in [0.25, 0.3) is 21.8 Å². The van der Waals surface area contributed by atoms with E-state index < -0.39 is 0 Å². The lowest BCUT2D eigenvalue weighted by atomic mass is 9.95. The third-order valence-electron chi connectivity index (χ3n) is 4.70. The molecule has 0 aliphatic carbocycles. The van der Waals surface area contributed by atoms with E-state index in [1.165, 1.54) is 5.39 Å². The lowest BCUT2D eigenvalue weighted by Gasteiger charge is -2.15. The van der Waals surface area contributed by atoms with Crippen LogP contribution in [-0.4, -0.2) is 10.9 Å². The van der Waals surface area contributed by atoms with E-state index in [9.17, 15) is 4.79 Å². The van der Waals surface area contributed by atoms with Crippen LogP contribution in [0.4, 0.5) is 5.69 Å². The third-order valence-corrected chi connectivity index (χ3v) is 4.70. The van der Waals surface area contributed by atoms with Gasteiger partial charge in [-0.15, -0.1) is 0 Å². The highest BCUT2D eigenvalue weighted by atomic mass is 16.1. The van der Waals surface area contributed by atoms with Gasteiger partial charge in [0.25, 0.3) is 0 Å². The van der Waals surface area contributed by atoms with Gasteiger partial charge in [0.15, 0.2) is 0 Å². The first-order valence-electron chi connectivity index (χ1n) is 8.62. The Morgan fingerprint density at radius 3 is 2.44 bits per heavy atom. The fourth-order valence-electron chi connectivity index (χ4n) is 3.41. The first-order chi connectivity index (χ1) is 12.3. The van der Waals surface area contributed by atoms with Crippen molar-refractivity contribution >= 4 is 33.4 Å². The lowest BCUT2D eigenvalue weighted by Crippen LogP contribution is -2.20. The van der Waals surface area contributed by atoms with Crippen molar-refractivity contribution in [1.29, 1.82) is 0 Å². The Balaban J connectivity index is 1.65. The van der Waals surface area contributed by atoms with E-state index in [0.717, 1.165) is 34.1 Å². The Labute approximate surface area is 146 Å². The van der Waals surface area contributed by atoms with Gasteiger partial charge in [0, 0.05) is 27.5 Å². The Morgan fingerprint density at radius 2 is 1.64 bits per heavy atom. The normalized spacial score (nSPS) is 12.4. The summed E-state index contributed by atoms with van der Waals surface area (Å²) in [5.41, 5.74) is 4.07. The van der Waals surface area contributed by atoms with Crippen LogP contribution in [0.2, 0.25) is 0 Å². The zero-order valence-electron chi connectivity index (χ0n) is 14.1. The molecular weight excluding hydrogens is 308 g/mol. The maximum absolute atomic E-state index is 12.8. The van der Waals surface area contributed by atoms with Crippen LogP contribution in [0.3, 0.4) is 0 Å². The molecular formula is C22H20N2O. The molecule has 4 rings (SSSR count). The zero-order valence-corrected chi connectivity index (χ0v) is 14.1. The minimum absolute atomic E-state index is 0.0351. The van der Waals surface area contributed by atoms with E-state index in [1.54, 1.807) is 0 Å².